The number of nitrogens with zero attached hydrogens (tertiary/aromatic N) is 3. The first-order valence-corrected chi connectivity index (χ1v) is 11.4. The number of hydrogen-bond acceptors (Lipinski definition) is 4. The van der Waals surface area contributed by atoms with Crippen LogP contribution in [-0.4, -0.2) is 41.1 Å². The van der Waals surface area contributed by atoms with E-state index >= 15 is 0 Å². The molecule has 0 aliphatic heterocycles. The number of hydrogen-bond donors (Lipinski definition) is 1. The van der Waals surface area contributed by atoms with E-state index in [2.05, 4.69) is 5.32 Å². The van der Waals surface area contributed by atoms with E-state index in [4.69, 9.17) is 9.72 Å². The Kier molecular flexibility index (Phi) is 7.55. The fourth-order valence-corrected chi connectivity index (χ4v) is 3.85. The largest absolute Gasteiger partial charge is 0.484 e. The number of para-hydroxylation sites is 4. The molecule has 0 aliphatic rings. The summed E-state index contributed by atoms with van der Waals surface area (Å²) in [5.74, 6) is 1.18. The number of rotatable bonds is 10. The predicted molar refractivity (Wildman–Crippen MR) is 133 cm³/mol. The molecule has 174 valence electrons. The van der Waals surface area contributed by atoms with Gasteiger partial charge in [-0.05, 0) is 43.3 Å². The highest BCUT2D eigenvalue weighted by atomic mass is 16.5. The fraction of sp³-hybridized carbons (Fsp3) is 0.222. The maximum absolute atomic E-state index is 13.2. The third-order valence-corrected chi connectivity index (χ3v) is 5.50. The van der Waals surface area contributed by atoms with Gasteiger partial charge >= 0.3 is 0 Å². The van der Waals surface area contributed by atoms with Gasteiger partial charge in [-0.3, -0.25) is 9.59 Å². The summed E-state index contributed by atoms with van der Waals surface area (Å²) in [6, 6.07) is 26.6. The summed E-state index contributed by atoms with van der Waals surface area (Å²) in [5, 5.41) is 2.87. The number of ether oxygens (including phenoxy) is 1. The second-order valence-electron chi connectivity index (χ2n) is 7.78. The first-order valence-electron chi connectivity index (χ1n) is 11.4. The minimum atomic E-state index is -0.205. The van der Waals surface area contributed by atoms with E-state index in [9.17, 15) is 9.59 Å². The number of nitrogens with one attached hydrogen (secondary N) is 1. The van der Waals surface area contributed by atoms with Gasteiger partial charge in [0.15, 0.2) is 6.61 Å². The predicted octanol–water partition coefficient (Wildman–Crippen LogP) is 3.83. The summed E-state index contributed by atoms with van der Waals surface area (Å²) in [6.45, 7) is 3.04. The molecule has 0 bridgehead atoms. The number of likely N-dealkylation sites (N-methyl/N-ethyl adjacent to an activating group) is 1. The lowest BCUT2D eigenvalue weighted by atomic mass is 10.2. The number of carbonyl (C=O) groups is 2. The van der Waals surface area contributed by atoms with Gasteiger partial charge in [-0.25, -0.2) is 4.98 Å². The van der Waals surface area contributed by atoms with Crippen LogP contribution in [0.3, 0.4) is 0 Å². The van der Waals surface area contributed by atoms with Crippen LogP contribution in [0.2, 0.25) is 0 Å². The van der Waals surface area contributed by atoms with Crippen molar-refractivity contribution >= 4 is 28.5 Å². The van der Waals surface area contributed by atoms with Gasteiger partial charge in [-0.2, -0.15) is 0 Å². The Balaban J connectivity index is 1.42. The lowest BCUT2D eigenvalue weighted by Crippen LogP contribution is -2.34. The summed E-state index contributed by atoms with van der Waals surface area (Å²) < 4.78 is 7.43. The maximum Gasteiger partial charge on any atom is 0.257 e. The quantitative estimate of drug-likeness (QED) is 0.394. The second kappa shape index (κ2) is 11.1. The third kappa shape index (κ3) is 5.61. The molecular weight excluding hydrogens is 428 g/mol. The summed E-state index contributed by atoms with van der Waals surface area (Å²) in [6.07, 6.45) is 0.497. The molecule has 7 nitrogen and oxygen atoms in total. The molecular formula is C27H28N4O3. The van der Waals surface area contributed by atoms with Crippen LogP contribution in [-0.2, 0) is 22.6 Å². The highest BCUT2D eigenvalue weighted by molar-refractivity contribution is 5.94. The van der Waals surface area contributed by atoms with Gasteiger partial charge < -0.3 is 19.5 Å². The van der Waals surface area contributed by atoms with Crippen molar-refractivity contribution in [1.29, 1.82) is 0 Å². The minimum absolute atomic E-state index is 0.0154. The smallest absolute Gasteiger partial charge is 0.257 e. The number of fused-ring (bicyclic) bond motifs is 1. The Morgan fingerprint density at radius 1 is 0.941 bits per heavy atom. The van der Waals surface area contributed by atoms with Gasteiger partial charge in [-0.15, -0.1) is 0 Å². The molecule has 0 atom stereocenters. The van der Waals surface area contributed by atoms with Crippen molar-refractivity contribution in [3.05, 3.63) is 90.8 Å². The molecule has 0 spiro atoms. The number of carbonyl (C=O) groups excluding carboxylic acids is 2. The van der Waals surface area contributed by atoms with Gasteiger partial charge in [0, 0.05) is 25.2 Å². The molecule has 0 saturated carbocycles. The van der Waals surface area contributed by atoms with Crippen LogP contribution in [0.4, 0.5) is 5.69 Å². The van der Waals surface area contributed by atoms with Crippen LogP contribution < -0.4 is 15.0 Å². The molecule has 0 radical (unpaired) electrons. The monoisotopic (exact) mass is 456 g/mol. The summed E-state index contributed by atoms with van der Waals surface area (Å²) >= 11 is 0. The van der Waals surface area contributed by atoms with Gasteiger partial charge in [0.05, 0.1) is 11.0 Å². The summed E-state index contributed by atoms with van der Waals surface area (Å²) in [4.78, 5) is 31.9. The molecule has 0 fully saturated rings. The Morgan fingerprint density at radius 2 is 1.62 bits per heavy atom. The van der Waals surface area contributed by atoms with E-state index in [1.807, 2.05) is 96.4 Å². The SMILES string of the molecule is CCN(C(=O)Cn1c(CCNC(=O)COc2ccccc2)nc2ccccc21)c1ccccc1. The van der Waals surface area contributed by atoms with Crippen molar-refractivity contribution in [3.63, 3.8) is 0 Å². The second-order valence-corrected chi connectivity index (χ2v) is 7.78. The van der Waals surface area contributed by atoms with E-state index in [0.29, 0.717) is 25.3 Å². The highest BCUT2D eigenvalue weighted by Crippen LogP contribution is 2.19. The van der Waals surface area contributed by atoms with Crippen molar-refractivity contribution in [3.8, 4) is 5.75 Å². The molecule has 34 heavy (non-hydrogen) atoms. The van der Waals surface area contributed by atoms with Gasteiger partial charge in [0.1, 0.15) is 18.1 Å². The van der Waals surface area contributed by atoms with E-state index in [1.54, 1.807) is 4.90 Å². The normalized spacial score (nSPS) is 10.7. The van der Waals surface area contributed by atoms with E-state index in [-0.39, 0.29) is 25.0 Å². The average molecular weight is 457 g/mol. The first-order chi connectivity index (χ1) is 16.7. The van der Waals surface area contributed by atoms with Crippen molar-refractivity contribution in [2.24, 2.45) is 0 Å². The molecule has 1 aromatic heterocycles. The molecule has 1 heterocycles. The zero-order valence-corrected chi connectivity index (χ0v) is 19.2. The van der Waals surface area contributed by atoms with Crippen molar-refractivity contribution < 1.29 is 14.3 Å². The molecule has 0 saturated heterocycles. The summed E-state index contributed by atoms with van der Waals surface area (Å²) in [7, 11) is 0. The molecule has 0 aliphatic carbocycles. The third-order valence-electron chi connectivity index (χ3n) is 5.50. The average Bonchev–Trinajstić information content (AvgIpc) is 3.21. The number of benzene rings is 3. The number of aromatic nitrogens is 2. The van der Waals surface area contributed by atoms with Crippen LogP contribution in [0.15, 0.2) is 84.9 Å². The number of imidazole rings is 1. The molecule has 3 aromatic carbocycles. The van der Waals surface area contributed by atoms with Crippen molar-refractivity contribution in [2.75, 3.05) is 24.6 Å². The number of amides is 2. The van der Waals surface area contributed by atoms with E-state index in [0.717, 1.165) is 22.5 Å². The van der Waals surface area contributed by atoms with Gasteiger partial charge in [-0.1, -0.05) is 48.5 Å². The molecule has 0 unspecified atom stereocenters. The van der Waals surface area contributed by atoms with Crippen LogP contribution in [0.1, 0.15) is 12.7 Å². The fourth-order valence-electron chi connectivity index (χ4n) is 3.85. The lowest BCUT2D eigenvalue weighted by molar-refractivity contribution is -0.123. The van der Waals surface area contributed by atoms with Crippen LogP contribution in [0.25, 0.3) is 11.0 Å². The van der Waals surface area contributed by atoms with Crippen LogP contribution in [0.5, 0.6) is 5.75 Å². The number of anilines is 1. The Hall–Kier alpha value is -4.13. The molecule has 7 heteroatoms. The Bertz CT molecular complexity index is 1240. The van der Waals surface area contributed by atoms with Crippen LogP contribution >= 0.6 is 0 Å². The minimum Gasteiger partial charge on any atom is -0.484 e. The standard InChI is InChI=1S/C27H28N4O3/c1-2-30(21-11-5-3-6-12-21)27(33)19-31-24-16-10-9-15-23(24)29-25(31)17-18-28-26(32)20-34-22-13-7-4-8-14-22/h3-16H,2,17-20H2,1H3,(H,28,32). The van der Waals surface area contributed by atoms with E-state index in [1.165, 1.54) is 0 Å². The van der Waals surface area contributed by atoms with Gasteiger partial charge in [0.2, 0.25) is 5.91 Å². The zero-order chi connectivity index (χ0) is 23.8. The highest BCUT2D eigenvalue weighted by Gasteiger charge is 2.18. The lowest BCUT2D eigenvalue weighted by Gasteiger charge is -2.22. The molecule has 4 aromatic rings. The topological polar surface area (TPSA) is 76.5 Å². The van der Waals surface area contributed by atoms with Crippen molar-refractivity contribution in [2.45, 2.75) is 19.9 Å². The van der Waals surface area contributed by atoms with Crippen LogP contribution in [0, 0.1) is 0 Å². The first kappa shape index (κ1) is 23.0. The van der Waals surface area contributed by atoms with Crippen molar-refractivity contribution in [1.82, 2.24) is 14.9 Å². The zero-order valence-electron chi connectivity index (χ0n) is 19.2. The molecule has 4 rings (SSSR count). The van der Waals surface area contributed by atoms with E-state index < -0.39 is 0 Å². The Labute approximate surface area is 199 Å². The maximum atomic E-state index is 13.2. The van der Waals surface area contributed by atoms with Gasteiger partial charge in [0.25, 0.3) is 5.91 Å². The molecule has 1 N–H and O–H groups in total. The Morgan fingerprint density at radius 3 is 2.35 bits per heavy atom. The summed E-state index contributed by atoms with van der Waals surface area (Å²) in [5.41, 5.74) is 2.59. The molecule has 2 amide bonds.